The van der Waals surface area contributed by atoms with E-state index < -0.39 is 17.5 Å². The van der Waals surface area contributed by atoms with Crippen molar-refractivity contribution in [3.05, 3.63) is 35.9 Å². The van der Waals surface area contributed by atoms with Gasteiger partial charge in [-0.3, -0.25) is 9.59 Å². The minimum absolute atomic E-state index is 0.00506. The third kappa shape index (κ3) is 6.14. The van der Waals surface area contributed by atoms with E-state index in [4.69, 9.17) is 4.74 Å². The second-order valence-electron chi connectivity index (χ2n) is 6.03. The Labute approximate surface area is 138 Å². The summed E-state index contributed by atoms with van der Waals surface area (Å²) >= 11 is 0. The van der Waals surface area contributed by atoms with Crippen molar-refractivity contribution in [1.29, 1.82) is 0 Å². The quantitative estimate of drug-likeness (QED) is 0.530. The number of carbonyl (C=O) groups excluding carboxylic acids is 2. The minimum atomic E-state index is -1.03. The molecule has 0 aromatic heterocycles. The number of carbonyl (C=O) groups is 2. The van der Waals surface area contributed by atoms with Crippen LogP contribution in [0.2, 0.25) is 0 Å². The van der Waals surface area contributed by atoms with Crippen LogP contribution in [0.3, 0.4) is 0 Å². The maximum absolute atomic E-state index is 12.5. The van der Waals surface area contributed by atoms with Gasteiger partial charge in [0.1, 0.15) is 11.7 Å². The number of aliphatic hydroxyl groups is 1. The van der Waals surface area contributed by atoms with Crippen LogP contribution in [-0.2, 0) is 20.7 Å². The summed E-state index contributed by atoms with van der Waals surface area (Å²) < 4.78 is 4.78. The van der Waals surface area contributed by atoms with Gasteiger partial charge >= 0.3 is 5.97 Å². The molecular formula is C19H28O4. The van der Waals surface area contributed by atoms with Crippen molar-refractivity contribution in [2.24, 2.45) is 5.92 Å². The number of aryl methyl sites for hydroxylation is 1. The van der Waals surface area contributed by atoms with Gasteiger partial charge in [-0.25, -0.2) is 0 Å². The van der Waals surface area contributed by atoms with Crippen LogP contribution in [0.4, 0.5) is 0 Å². The predicted octanol–water partition coefficient (Wildman–Crippen LogP) is 3.31. The normalized spacial score (nSPS) is 12.7. The zero-order valence-electron chi connectivity index (χ0n) is 14.4. The molecule has 0 radical (unpaired) electrons. The lowest BCUT2D eigenvalue weighted by Gasteiger charge is -2.26. The third-order valence-corrected chi connectivity index (χ3v) is 4.49. The first-order chi connectivity index (χ1) is 11.0. The van der Waals surface area contributed by atoms with Crippen molar-refractivity contribution >= 4 is 11.8 Å². The van der Waals surface area contributed by atoms with Crippen molar-refractivity contribution in [1.82, 2.24) is 0 Å². The molecule has 0 bridgehead atoms. The average Bonchev–Trinajstić information content (AvgIpc) is 2.58. The van der Waals surface area contributed by atoms with Crippen LogP contribution < -0.4 is 0 Å². The van der Waals surface area contributed by atoms with Crippen molar-refractivity contribution < 1.29 is 19.4 Å². The van der Waals surface area contributed by atoms with Crippen molar-refractivity contribution in [3.8, 4) is 0 Å². The monoisotopic (exact) mass is 320 g/mol. The topological polar surface area (TPSA) is 63.6 Å². The molecule has 1 aromatic rings. The number of ketones is 1. The first-order valence-electron chi connectivity index (χ1n) is 8.32. The Balaban J connectivity index is 2.65. The fourth-order valence-electron chi connectivity index (χ4n) is 2.66. The Morgan fingerprint density at radius 1 is 1.17 bits per heavy atom. The molecule has 4 heteroatoms. The highest BCUT2D eigenvalue weighted by Crippen LogP contribution is 2.24. The van der Waals surface area contributed by atoms with Gasteiger partial charge in [0.15, 0.2) is 0 Å². The number of benzene rings is 1. The number of rotatable bonds is 10. The Morgan fingerprint density at radius 3 is 2.30 bits per heavy atom. The average molecular weight is 320 g/mol. The lowest BCUT2D eigenvalue weighted by molar-refractivity contribution is -0.151. The molecule has 4 nitrogen and oxygen atoms in total. The van der Waals surface area contributed by atoms with Gasteiger partial charge in [0, 0.05) is 6.42 Å². The highest BCUT2D eigenvalue weighted by atomic mass is 16.5. The summed E-state index contributed by atoms with van der Waals surface area (Å²) in [4.78, 5) is 24.4. The van der Waals surface area contributed by atoms with E-state index in [1.165, 1.54) is 12.7 Å². The SMILES string of the molecule is CCC(O)(CC)CC(=O)C(CCCc1ccccc1)C(=O)OC. The highest BCUT2D eigenvalue weighted by Gasteiger charge is 2.33. The Morgan fingerprint density at radius 2 is 1.78 bits per heavy atom. The van der Waals surface area contributed by atoms with Gasteiger partial charge < -0.3 is 9.84 Å². The molecule has 0 fully saturated rings. The summed E-state index contributed by atoms with van der Waals surface area (Å²) in [6, 6.07) is 9.96. The van der Waals surface area contributed by atoms with Gasteiger partial charge in [-0.1, -0.05) is 44.2 Å². The summed E-state index contributed by atoms with van der Waals surface area (Å²) in [5.74, 6) is -1.51. The smallest absolute Gasteiger partial charge is 0.316 e. The molecule has 1 unspecified atom stereocenters. The fourth-order valence-corrected chi connectivity index (χ4v) is 2.66. The number of Topliss-reactive ketones (excluding diaryl/α,β-unsaturated/α-hetero) is 1. The van der Waals surface area contributed by atoms with Crippen LogP contribution in [0.5, 0.6) is 0 Å². The van der Waals surface area contributed by atoms with Crippen molar-refractivity contribution in [2.45, 2.75) is 58.0 Å². The number of methoxy groups -OCH3 is 1. The molecule has 0 aliphatic rings. The summed E-state index contributed by atoms with van der Waals surface area (Å²) in [7, 11) is 1.30. The van der Waals surface area contributed by atoms with E-state index in [2.05, 4.69) is 0 Å². The summed E-state index contributed by atoms with van der Waals surface area (Å²) in [5, 5.41) is 10.3. The Kier molecular flexibility index (Phi) is 7.96. The van der Waals surface area contributed by atoms with E-state index in [1.54, 1.807) is 0 Å². The van der Waals surface area contributed by atoms with E-state index in [0.717, 1.165) is 12.8 Å². The number of hydrogen-bond acceptors (Lipinski definition) is 4. The second-order valence-corrected chi connectivity index (χ2v) is 6.03. The molecule has 0 aliphatic heterocycles. The summed E-state index contributed by atoms with van der Waals surface area (Å²) in [6.45, 7) is 3.69. The van der Waals surface area contributed by atoms with E-state index >= 15 is 0 Å². The molecule has 128 valence electrons. The van der Waals surface area contributed by atoms with Gasteiger partial charge in [0.05, 0.1) is 12.7 Å². The van der Waals surface area contributed by atoms with Gasteiger partial charge in [-0.15, -0.1) is 0 Å². The lowest BCUT2D eigenvalue weighted by atomic mass is 9.85. The van der Waals surface area contributed by atoms with E-state index in [-0.39, 0.29) is 12.2 Å². The standard InChI is InChI=1S/C19H28O4/c1-4-19(22,5-2)14-17(20)16(18(21)23-3)13-9-12-15-10-7-6-8-11-15/h6-8,10-11,16,22H,4-5,9,12-14H2,1-3H3. The lowest BCUT2D eigenvalue weighted by Crippen LogP contribution is -2.35. The first-order valence-corrected chi connectivity index (χ1v) is 8.32. The largest absolute Gasteiger partial charge is 0.468 e. The molecule has 0 spiro atoms. The number of esters is 1. The first kappa shape index (κ1) is 19.4. The molecule has 1 rings (SSSR count). The molecule has 1 atom stereocenters. The van der Waals surface area contributed by atoms with Crippen LogP contribution in [0.15, 0.2) is 30.3 Å². The van der Waals surface area contributed by atoms with Gasteiger partial charge in [-0.2, -0.15) is 0 Å². The van der Waals surface area contributed by atoms with Crippen LogP contribution in [0.25, 0.3) is 0 Å². The fraction of sp³-hybridized carbons (Fsp3) is 0.579. The Hall–Kier alpha value is -1.68. The molecule has 23 heavy (non-hydrogen) atoms. The van der Waals surface area contributed by atoms with E-state index in [1.807, 2.05) is 44.2 Å². The molecule has 0 saturated heterocycles. The molecule has 1 N–H and O–H groups in total. The van der Waals surface area contributed by atoms with Crippen molar-refractivity contribution in [2.75, 3.05) is 7.11 Å². The van der Waals surface area contributed by atoms with Crippen LogP contribution in [0.1, 0.15) is 51.5 Å². The zero-order chi connectivity index (χ0) is 17.3. The molecule has 1 aromatic carbocycles. The number of ether oxygens (including phenoxy) is 1. The van der Waals surface area contributed by atoms with Crippen molar-refractivity contribution in [3.63, 3.8) is 0 Å². The van der Waals surface area contributed by atoms with Gasteiger partial charge in [-0.05, 0) is 37.7 Å². The van der Waals surface area contributed by atoms with Gasteiger partial charge in [0.25, 0.3) is 0 Å². The maximum atomic E-state index is 12.5. The zero-order valence-corrected chi connectivity index (χ0v) is 14.4. The van der Waals surface area contributed by atoms with Crippen LogP contribution in [0, 0.1) is 5.92 Å². The molecular weight excluding hydrogens is 292 g/mol. The molecule has 0 amide bonds. The highest BCUT2D eigenvalue weighted by molar-refractivity contribution is 5.99. The third-order valence-electron chi connectivity index (χ3n) is 4.49. The maximum Gasteiger partial charge on any atom is 0.316 e. The summed E-state index contributed by atoms with van der Waals surface area (Å²) in [6.07, 6.45) is 2.98. The molecule has 0 heterocycles. The Bertz CT molecular complexity index is 491. The van der Waals surface area contributed by atoms with E-state index in [9.17, 15) is 14.7 Å². The molecule has 0 saturated carbocycles. The van der Waals surface area contributed by atoms with Gasteiger partial charge in [0.2, 0.25) is 0 Å². The van der Waals surface area contributed by atoms with Crippen LogP contribution >= 0.6 is 0 Å². The summed E-state index contributed by atoms with van der Waals surface area (Å²) in [5.41, 5.74) is 0.158. The van der Waals surface area contributed by atoms with Crippen LogP contribution in [-0.4, -0.2) is 29.6 Å². The predicted molar refractivity (Wildman–Crippen MR) is 90.0 cm³/mol. The molecule has 0 aliphatic carbocycles. The number of hydrogen-bond donors (Lipinski definition) is 1. The second kappa shape index (κ2) is 9.46. The van der Waals surface area contributed by atoms with E-state index in [0.29, 0.717) is 19.3 Å². The minimum Gasteiger partial charge on any atom is -0.468 e.